The molecule has 2 saturated heterocycles. The van der Waals surface area contributed by atoms with Crippen molar-refractivity contribution < 1.29 is 23.9 Å². The molecule has 0 bridgehead atoms. The molecule has 8 heteroatoms. The van der Waals surface area contributed by atoms with Gasteiger partial charge in [-0.3, -0.25) is 14.4 Å². The van der Waals surface area contributed by atoms with Crippen LogP contribution in [-0.4, -0.2) is 49.0 Å². The number of likely N-dealkylation sites (tertiary alicyclic amines) is 1. The van der Waals surface area contributed by atoms with Crippen LogP contribution in [-0.2, 0) is 20.8 Å². The zero-order valence-corrected chi connectivity index (χ0v) is 19.3. The van der Waals surface area contributed by atoms with E-state index in [1.807, 2.05) is 29.2 Å². The molecule has 3 aliphatic heterocycles. The number of aryl methyl sites for hydroxylation is 1. The van der Waals surface area contributed by atoms with Crippen molar-refractivity contribution in [3.63, 3.8) is 0 Å². The minimum Gasteiger partial charge on any atom is -0.454 e. The first-order chi connectivity index (χ1) is 16.5. The second-order valence-corrected chi connectivity index (χ2v) is 9.04. The van der Waals surface area contributed by atoms with E-state index in [2.05, 4.69) is 12.2 Å². The van der Waals surface area contributed by atoms with Crippen molar-refractivity contribution >= 4 is 29.1 Å². The lowest BCUT2D eigenvalue weighted by Crippen LogP contribution is -2.44. The predicted octanol–water partition coefficient (Wildman–Crippen LogP) is 3.21. The molecule has 0 spiro atoms. The van der Waals surface area contributed by atoms with Crippen LogP contribution in [0, 0.1) is 11.8 Å². The maximum Gasteiger partial charge on any atom is 0.231 e. The lowest BCUT2D eigenvalue weighted by molar-refractivity contribution is -0.138. The summed E-state index contributed by atoms with van der Waals surface area (Å²) in [7, 11) is 0. The maximum absolute atomic E-state index is 13.2. The lowest BCUT2D eigenvalue weighted by Gasteiger charge is -2.33. The third kappa shape index (κ3) is 4.32. The van der Waals surface area contributed by atoms with Gasteiger partial charge in [0.05, 0.1) is 5.92 Å². The average Bonchev–Trinajstić information content (AvgIpc) is 3.49. The van der Waals surface area contributed by atoms with E-state index in [1.165, 1.54) is 0 Å². The Bertz CT molecular complexity index is 1110. The fourth-order valence-electron chi connectivity index (χ4n) is 5.02. The van der Waals surface area contributed by atoms with E-state index in [0.29, 0.717) is 49.7 Å². The minimum atomic E-state index is -0.337. The monoisotopic (exact) mass is 463 g/mol. The molecule has 2 aromatic rings. The number of piperidine rings is 1. The number of carbonyl (C=O) groups is 3. The Morgan fingerprint density at radius 1 is 1.03 bits per heavy atom. The standard InChI is InChI=1S/C26H29N3O5/c1-2-17-5-3-4-6-21(17)29-15-19(13-24(29)30)26(32)28-11-9-18(10-12-28)25(31)27-20-7-8-22-23(14-20)34-16-33-22/h3-8,14,18-19H,2,9-13,15-16H2,1H3,(H,27,31)/t19-/m1/s1. The molecule has 0 aromatic heterocycles. The number of fused-ring (bicyclic) bond motifs is 1. The quantitative estimate of drug-likeness (QED) is 0.736. The number of benzene rings is 2. The van der Waals surface area contributed by atoms with Crippen molar-refractivity contribution in [3.8, 4) is 11.5 Å². The van der Waals surface area contributed by atoms with Crippen LogP contribution in [0.15, 0.2) is 42.5 Å². The maximum atomic E-state index is 13.2. The number of anilines is 2. The highest BCUT2D eigenvalue weighted by atomic mass is 16.7. The zero-order chi connectivity index (χ0) is 23.7. The largest absolute Gasteiger partial charge is 0.454 e. The van der Waals surface area contributed by atoms with Crippen molar-refractivity contribution in [2.24, 2.45) is 11.8 Å². The molecule has 3 aliphatic rings. The van der Waals surface area contributed by atoms with Crippen LogP contribution in [0.5, 0.6) is 11.5 Å². The molecule has 178 valence electrons. The molecular formula is C26H29N3O5. The van der Waals surface area contributed by atoms with Gasteiger partial charge in [-0.25, -0.2) is 0 Å². The molecular weight excluding hydrogens is 434 g/mol. The van der Waals surface area contributed by atoms with Gasteiger partial charge in [-0.15, -0.1) is 0 Å². The van der Waals surface area contributed by atoms with E-state index in [9.17, 15) is 14.4 Å². The van der Waals surface area contributed by atoms with Gasteiger partial charge < -0.3 is 24.6 Å². The number of nitrogens with zero attached hydrogens (tertiary/aromatic N) is 2. The molecule has 0 unspecified atom stereocenters. The first-order valence-electron chi connectivity index (χ1n) is 11.9. The van der Waals surface area contributed by atoms with Crippen LogP contribution >= 0.6 is 0 Å². The van der Waals surface area contributed by atoms with E-state index >= 15 is 0 Å². The molecule has 1 atom stereocenters. The number of rotatable bonds is 5. The number of hydrogen-bond donors (Lipinski definition) is 1. The van der Waals surface area contributed by atoms with Gasteiger partial charge in [0.25, 0.3) is 0 Å². The SMILES string of the molecule is CCc1ccccc1N1C[C@H](C(=O)N2CCC(C(=O)Nc3ccc4c(c3)OCO4)CC2)CC1=O. The Morgan fingerprint density at radius 2 is 1.79 bits per heavy atom. The summed E-state index contributed by atoms with van der Waals surface area (Å²) in [4.78, 5) is 42.2. The second-order valence-electron chi connectivity index (χ2n) is 9.04. The van der Waals surface area contributed by atoms with Crippen molar-refractivity contribution in [1.29, 1.82) is 0 Å². The van der Waals surface area contributed by atoms with E-state index in [4.69, 9.17) is 9.47 Å². The van der Waals surface area contributed by atoms with Crippen LogP contribution in [0.3, 0.4) is 0 Å². The molecule has 2 aromatic carbocycles. The molecule has 0 saturated carbocycles. The Labute approximate surface area is 198 Å². The Morgan fingerprint density at radius 3 is 2.59 bits per heavy atom. The number of nitrogens with one attached hydrogen (secondary N) is 1. The summed E-state index contributed by atoms with van der Waals surface area (Å²) in [6.07, 6.45) is 2.28. The van der Waals surface area contributed by atoms with Crippen LogP contribution in [0.25, 0.3) is 0 Å². The number of ether oxygens (including phenoxy) is 2. The topological polar surface area (TPSA) is 88.2 Å². The first-order valence-corrected chi connectivity index (χ1v) is 11.9. The van der Waals surface area contributed by atoms with Gasteiger partial charge in [0.15, 0.2) is 11.5 Å². The van der Waals surface area contributed by atoms with E-state index < -0.39 is 0 Å². The van der Waals surface area contributed by atoms with Crippen molar-refractivity contribution in [2.45, 2.75) is 32.6 Å². The van der Waals surface area contributed by atoms with Crippen LogP contribution in [0.1, 0.15) is 31.7 Å². The highest BCUT2D eigenvalue weighted by Gasteiger charge is 2.39. The highest BCUT2D eigenvalue weighted by Crippen LogP contribution is 2.35. The Balaban J connectivity index is 1.15. The third-order valence-electron chi connectivity index (χ3n) is 6.96. The van der Waals surface area contributed by atoms with Crippen molar-refractivity contribution in [1.82, 2.24) is 4.90 Å². The number of carbonyl (C=O) groups excluding carboxylic acids is 3. The van der Waals surface area contributed by atoms with Gasteiger partial charge in [-0.2, -0.15) is 0 Å². The van der Waals surface area contributed by atoms with Gasteiger partial charge in [0.2, 0.25) is 24.5 Å². The predicted molar refractivity (Wildman–Crippen MR) is 127 cm³/mol. The number of amides is 3. The summed E-state index contributed by atoms with van der Waals surface area (Å²) in [5.74, 6) is 0.761. The van der Waals surface area contributed by atoms with E-state index in [1.54, 1.807) is 23.1 Å². The summed E-state index contributed by atoms with van der Waals surface area (Å²) < 4.78 is 10.7. The van der Waals surface area contributed by atoms with Crippen molar-refractivity contribution in [2.75, 3.05) is 36.6 Å². The second kappa shape index (κ2) is 9.37. The van der Waals surface area contributed by atoms with Crippen LogP contribution in [0.4, 0.5) is 11.4 Å². The van der Waals surface area contributed by atoms with Crippen molar-refractivity contribution in [3.05, 3.63) is 48.0 Å². The molecule has 1 N–H and O–H groups in total. The summed E-state index contributed by atoms with van der Waals surface area (Å²) in [5, 5.41) is 2.95. The molecule has 0 aliphatic carbocycles. The third-order valence-corrected chi connectivity index (χ3v) is 6.96. The van der Waals surface area contributed by atoms with Crippen LogP contribution in [0.2, 0.25) is 0 Å². The molecule has 34 heavy (non-hydrogen) atoms. The summed E-state index contributed by atoms with van der Waals surface area (Å²) in [5.41, 5.74) is 2.69. The molecule has 0 radical (unpaired) electrons. The smallest absolute Gasteiger partial charge is 0.231 e. The summed E-state index contributed by atoms with van der Waals surface area (Å²) >= 11 is 0. The molecule has 3 amide bonds. The fourth-order valence-corrected chi connectivity index (χ4v) is 5.02. The Kier molecular flexibility index (Phi) is 6.13. The molecule has 3 heterocycles. The average molecular weight is 464 g/mol. The van der Waals surface area contributed by atoms with E-state index in [-0.39, 0.29) is 42.8 Å². The highest BCUT2D eigenvalue weighted by molar-refractivity contribution is 6.01. The van der Waals surface area contributed by atoms with E-state index in [0.717, 1.165) is 17.7 Å². The summed E-state index contributed by atoms with van der Waals surface area (Å²) in [6.45, 7) is 3.71. The zero-order valence-electron chi connectivity index (χ0n) is 19.3. The number of hydrogen-bond acceptors (Lipinski definition) is 5. The van der Waals surface area contributed by atoms with Gasteiger partial charge in [0, 0.05) is 49.4 Å². The van der Waals surface area contributed by atoms with Gasteiger partial charge >= 0.3 is 0 Å². The molecule has 2 fully saturated rings. The normalized spacial score (nSPS) is 20.0. The molecule has 8 nitrogen and oxygen atoms in total. The Hall–Kier alpha value is -3.55. The first kappa shape index (κ1) is 22.3. The van der Waals surface area contributed by atoms with Crippen LogP contribution < -0.4 is 19.7 Å². The number of para-hydroxylation sites is 1. The van der Waals surface area contributed by atoms with Gasteiger partial charge in [-0.05, 0) is 43.0 Å². The van der Waals surface area contributed by atoms with Gasteiger partial charge in [-0.1, -0.05) is 25.1 Å². The molecule has 5 rings (SSSR count). The summed E-state index contributed by atoms with van der Waals surface area (Å²) in [6, 6.07) is 13.2. The minimum absolute atomic E-state index is 0.00256. The fraction of sp³-hybridized carbons (Fsp3) is 0.423. The van der Waals surface area contributed by atoms with Gasteiger partial charge in [0.1, 0.15) is 0 Å². The lowest BCUT2D eigenvalue weighted by atomic mass is 9.94.